The van der Waals surface area contributed by atoms with E-state index in [1.54, 1.807) is 6.92 Å². The Bertz CT molecular complexity index is 375. The Hall–Kier alpha value is -0.560. The van der Waals surface area contributed by atoms with Crippen LogP contribution in [-0.2, 0) is 4.74 Å². The molecular formula is C20H39NO2. The first-order valence-corrected chi connectivity index (χ1v) is 9.16. The predicted octanol–water partition coefficient (Wildman–Crippen LogP) is 3.95. The highest BCUT2D eigenvalue weighted by Gasteiger charge is 2.26. The van der Waals surface area contributed by atoms with Gasteiger partial charge in [-0.25, -0.2) is 0 Å². The molecule has 0 rings (SSSR count). The molecule has 2 unspecified atom stereocenters. The number of hydrogen-bond donors (Lipinski definition) is 1. The molecule has 0 fully saturated rings. The van der Waals surface area contributed by atoms with Crippen molar-refractivity contribution in [3.8, 4) is 11.8 Å². The molecule has 0 radical (unpaired) electrons. The fraction of sp³-hybridized carbons (Fsp3) is 0.900. The molecule has 136 valence electrons. The van der Waals surface area contributed by atoms with E-state index < -0.39 is 11.2 Å². The van der Waals surface area contributed by atoms with Crippen LogP contribution < -0.4 is 0 Å². The molecule has 0 amide bonds. The van der Waals surface area contributed by atoms with Crippen LogP contribution in [0.25, 0.3) is 0 Å². The summed E-state index contributed by atoms with van der Waals surface area (Å²) in [7, 11) is 0. The summed E-state index contributed by atoms with van der Waals surface area (Å²) in [6.07, 6.45) is 1.55. The Morgan fingerprint density at radius 2 is 1.48 bits per heavy atom. The van der Waals surface area contributed by atoms with E-state index in [1.165, 1.54) is 0 Å². The molecule has 3 heteroatoms. The van der Waals surface area contributed by atoms with Gasteiger partial charge in [-0.15, -0.1) is 0 Å². The van der Waals surface area contributed by atoms with Crippen molar-refractivity contribution in [2.75, 3.05) is 26.2 Å². The van der Waals surface area contributed by atoms with Crippen LogP contribution in [-0.4, -0.2) is 47.4 Å². The standard InChI is InChI=1S/C20H39NO2/c1-9-21(10-2)13-14-23-20(8,16-18(5)6)12-11-19(7,22)15-17(3)4/h17-18,22H,9-10,13-16H2,1-8H3. The first kappa shape index (κ1) is 22.4. The predicted molar refractivity (Wildman–Crippen MR) is 99.5 cm³/mol. The third kappa shape index (κ3) is 10.8. The number of ether oxygens (including phenoxy) is 1. The van der Waals surface area contributed by atoms with Gasteiger partial charge in [0, 0.05) is 6.54 Å². The molecule has 0 saturated heterocycles. The second kappa shape index (κ2) is 10.3. The minimum atomic E-state index is -0.950. The molecule has 3 nitrogen and oxygen atoms in total. The maximum absolute atomic E-state index is 10.4. The van der Waals surface area contributed by atoms with Crippen LogP contribution in [0.2, 0.25) is 0 Å². The maximum Gasteiger partial charge on any atom is 0.126 e. The highest BCUT2D eigenvalue weighted by Crippen LogP contribution is 2.22. The second-order valence-corrected chi connectivity index (χ2v) is 7.83. The van der Waals surface area contributed by atoms with Gasteiger partial charge < -0.3 is 14.7 Å². The van der Waals surface area contributed by atoms with Gasteiger partial charge in [-0.3, -0.25) is 0 Å². The molecule has 0 aromatic carbocycles. The third-order valence-corrected chi connectivity index (χ3v) is 3.92. The summed E-state index contributed by atoms with van der Waals surface area (Å²) < 4.78 is 6.15. The molecule has 0 spiro atoms. The number of hydrogen-bond acceptors (Lipinski definition) is 3. The lowest BCUT2D eigenvalue weighted by Crippen LogP contribution is -2.35. The quantitative estimate of drug-likeness (QED) is 0.617. The second-order valence-electron chi connectivity index (χ2n) is 7.83. The average molecular weight is 326 g/mol. The van der Waals surface area contributed by atoms with Crippen LogP contribution in [0, 0.1) is 23.7 Å². The van der Waals surface area contributed by atoms with Gasteiger partial charge in [0.05, 0.1) is 6.61 Å². The van der Waals surface area contributed by atoms with E-state index >= 15 is 0 Å². The summed E-state index contributed by atoms with van der Waals surface area (Å²) in [5.74, 6) is 7.23. The van der Waals surface area contributed by atoms with Crippen molar-refractivity contribution < 1.29 is 9.84 Å². The van der Waals surface area contributed by atoms with Crippen molar-refractivity contribution in [2.24, 2.45) is 11.8 Å². The highest BCUT2D eigenvalue weighted by atomic mass is 16.5. The topological polar surface area (TPSA) is 32.7 Å². The molecule has 23 heavy (non-hydrogen) atoms. The Morgan fingerprint density at radius 1 is 0.957 bits per heavy atom. The van der Waals surface area contributed by atoms with E-state index in [1.807, 2.05) is 6.92 Å². The third-order valence-electron chi connectivity index (χ3n) is 3.92. The summed E-state index contributed by atoms with van der Waals surface area (Å²) in [6.45, 7) is 20.4. The van der Waals surface area contributed by atoms with E-state index in [4.69, 9.17) is 4.74 Å². The molecule has 0 aliphatic carbocycles. The van der Waals surface area contributed by atoms with Crippen LogP contribution in [0.1, 0.15) is 68.2 Å². The van der Waals surface area contributed by atoms with Gasteiger partial charge >= 0.3 is 0 Å². The number of likely N-dealkylation sites (N-methyl/N-ethyl adjacent to an activating group) is 1. The van der Waals surface area contributed by atoms with Crippen molar-refractivity contribution in [1.29, 1.82) is 0 Å². The van der Waals surface area contributed by atoms with Crippen molar-refractivity contribution >= 4 is 0 Å². The fourth-order valence-corrected chi connectivity index (χ4v) is 2.98. The monoisotopic (exact) mass is 325 g/mol. The van der Waals surface area contributed by atoms with Crippen molar-refractivity contribution in [3.05, 3.63) is 0 Å². The van der Waals surface area contributed by atoms with Crippen molar-refractivity contribution in [3.63, 3.8) is 0 Å². The summed E-state index contributed by atoms with van der Waals surface area (Å²) in [5.41, 5.74) is -1.45. The molecule has 1 N–H and O–H groups in total. The van der Waals surface area contributed by atoms with Gasteiger partial charge in [0.25, 0.3) is 0 Å². The normalized spacial score (nSPS) is 17.0. The van der Waals surface area contributed by atoms with Crippen molar-refractivity contribution in [2.45, 2.75) is 79.4 Å². The maximum atomic E-state index is 10.4. The molecule has 2 atom stereocenters. The van der Waals surface area contributed by atoms with Gasteiger partial charge in [-0.2, -0.15) is 0 Å². The molecule has 0 aromatic rings. The van der Waals surface area contributed by atoms with Gasteiger partial charge in [0.1, 0.15) is 11.2 Å². The van der Waals surface area contributed by atoms with E-state index in [2.05, 4.69) is 58.3 Å². The lowest BCUT2D eigenvalue weighted by atomic mass is 9.91. The molecule has 0 heterocycles. The van der Waals surface area contributed by atoms with Crippen LogP contribution in [0.4, 0.5) is 0 Å². The van der Waals surface area contributed by atoms with Crippen LogP contribution in [0.5, 0.6) is 0 Å². The van der Waals surface area contributed by atoms with E-state index in [0.29, 0.717) is 24.9 Å². The van der Waals surface area contributed by atoms with Crippen LogP contribution in [0.3, 0.4) is 0 Å². The van der Waals surface area contributed by atoms with Gasteiger partial charge in [0.15, 0.2) is 0 Å². The lowest BCUT2D eigenvalue weighted by molar-refractivity contribution is -0.0111. The molecule has 0 aromatic heterocycles. The Labute approximate surface area is 144 Å². The molecule has 0 aliphatic rings. The molecule has 0 bridgehead atoms. The lowest BCUT2D eigenvalue weighted by Gasteiger charge is -2.29. The zero-order valence-corrected chi connectivity index (χ0v) is 16.7. The first-order chi connectivity index (χ1) is 10.5. The number of aliphatic hydroxyl groups is 1. The van der Waals surface area contributed by atoms with Gasteiger partial charge in [-0.05, 0) is 51.6 Å². The fourth-order valence-electron chi connectivity index (χ4n) is 2.98. The SMILES string of the molecule is CCN(CC)CCOC(C)(C#CC(C)(O)CC(C)C)CC(C)C. The zero-order chi connectivity index (χ0) is 18.1. The molecule has 0 saturated carbocycles. The van der Waals surface area contributed by atoms with E-state index in [9.17, 15) is 5.11 Å². The average Bonchev–Trinajstić information content (AvgIpc) is 2.40. The molecular weight excluding hydrogens is 286 g/mol. The zero-order valence-electron chi connectivity index (χ0n) is 16.7. The Morgan fingerprint density at radius 3 is 1.91 bits per heavy atom. The van der Waals surface area contributed by atoms with Crippen LogP contribution in [0.15, 0.2) is 0 Å². The van der Waals surface area contributed by atoms with Gasteiger partial charge in [0.2, 0.25) is 0 Å². The summed E-state index contributed by atoms with van der Waals surface area (Å²) >= 11 is 0. The summed E-state index contributed by atoms with van der Waals surface area (Å²) in [6, 6.07) is 0. The van der Waals surface area contributed by atoms with Gasteiger partial charge in [-0.1, -0.05) is 53.4 Å². The van der Waals surface area contributed by atoms with E-state index in [0.717, 1.165) is 26.1 Å². The first-order valence-electron chi connectivity index (χ1n) is 9.16. The van der Waals surface area contributed by atoms with Crippen LogP contribution >= 0.6 is 0 Å². The largest absolute Gasteiger partial charge is 0.378 e. The highest BCUT2D eigenvalue weighted by molar-refractivity contribution is 5.20. The minimum Gasteiger partial charge on any atom is -0.378 e. The Kier molecular flexibility index (Phi) is 10.1. The summed E-state index contributed by atoms with van der Waals surface area (Å²) in [5, 5.41) is 10.4. The smallest absolute Gasteiger partial charge is 0.126 e. The summed E-state index contributed by atoms with van der Waals surface area (Å²) in [4.78, 5) is 2.35. The van der Waals surface area contributed by atoms with E-state index in [-0.39, 0.29) is 0 Å². The number of nitrogens with zero attached hydrogens (tertiary/aromatic N) is 1. The Balaban J connectivity index is 4.91. The molecule has 0 aliphatic heterocycles. The number of rotatable bonds is 10. The van der Waals surface area contributed by atoms with Crippen molar-refractivity contribution in [1.82, 2.24) is 4.90 Å². The minimum absolute atomic E-state index is 0.416.